The zero-order valence-electron chi connectivity index (χ0n) is 15.0. The number of H-pyrrole nitrogens is 1. The quantitative estimate of drug-likeness (QED) is 0.866. The molecule has 134 valence electrons. The number of carbonyl (C=O) groups is 2. The fourth-order valence-corrected chi connectivity index (χ4v) is 3.47. The number of nitrogens with zero attached hydrogens (tertiary/aromatic N) is 2. The average molecular weight is 343 g/mol. The van der Waals surface area contributed by atoms with Gasteiger partial charge in [-0.2, -0.15) is 0 Å². The molecule has 1 amide bonds. The summed E-state index contributed by atoms with van der Waals surface area (Å²) in [5, 5.41) is 0. The van der Waals surface area contributed by atoms with E-state index >= 15 is 0 Å². The summed E-state index contributed by atoms with van der Waals surface area (Å²) in [6, 6.07) is 6.17. The Bertz CT molecular complexity index is 783. The highest BCUT2D eigenvalue weighted by molar-refractivity contribution is 5.83. The number of imidazole rings is 1. The van der Waals surface area contributed by atoms with Crippen molar-refractivity contribution >= 4 is 22.9 Å². The highest BCUT2D eigenvalue weighted by Gasteiger charge is 2.30. The minimum atomic E-state index is -0.357. The molecule has 25 heavy (non-hydrogen) atoms. The molecular weight excluding hydrogens is 318 g/mol. The molecule has 1 saturated heterocycles. The zero-order chi connectivity index (χ0) is 18.0. The van der Waals surface area contributed by atoms with Crippen LogP contribution in [0.2, 0.25) is 0 Å². The number of aromatic nitrogens is 2. The van der Waals surface area contributed by atoms with Crippen molar-refractivity contribution in [2.75, 3.05) is 20.2 Å². The first-order valence-electron chi connectivity index (χ1n) is 8.79. The highest BCUT2D eigenvalue weighted by atomic mass is 16.5. The van der Waals surface area contributed by atoms with Crippen LogP contribution < -0.4 is 0 Å². The van der Waals surface area contributed by atoms with Gasteiger partial charge in [0.2, 0.25) is 5.91 Å². The molecule has 0 radical (unpaired) electrons. The number of aromatic amines is 1. The first-order chi connectivity index (χ1) is 12.0. The summed E-state index contributed by atoms with van der Waals surface area (Å²) in [5.74, 6) is 0.461. The molecule has 2 heterocycles. The van der Waals surface area contributed by atoms with Gasteiger partial charge in [-0.15, -0.1) is 0 Å². The summed E-state index contributed by atoms with van der Waals surface area (Å²) in [6.45, 7) is 5.22. The predicted octanol–water partition coefficient (Wildman–Crippen LogP) is 2.78. The number of likely N-dealkylation sites (tertiary alicyclic amines) is 1. The minimum Gasteiger partial charge on any atom is -0.469 e. The van der Waals surface area contributed by atoms with E-state index in [1.807, 2.05) is 11.0 Å². The van der Waals surface area contributed by atoms with Gasteiger partial charge >= 0.3 is 5.97 Å². The zero-order valence-corrected chi connectivity index (χ0v) is 15.0. The number of esters is 1. The monoisotopic (exact) mass is 343 g/mol. The van der Waals surface area contributed by atoms with E-state index in [0.29, 0.717) is 6.54 Å². The van der Waals surface area contributed by atoms with Crippen LogP contribution in [0.5, 0.6) is 0 Å². The van der Waals surface area contributed by atoms with Gasteiger partial charge in [-0.05, 0) is 37.5 Å². The van der Waals surface area contributed by atoms with Gasteiger partial charge in [-0.25, -0.2) is 4.98 Å². The lowest BCUT2D eigenvalue weighted by molar-refractivity contribution is -0.146. The van der Waals surface area contributed by atoms with E-state index in [9.17, 15) is 9.59 Å². The molecule has 1 N–H and O–H groups in total. The second-order valence-corrected chi connectivity index (χ2v) is 6.95. The van der Waals surface area contributed by atoms with Gasteiger partial charge in [-0.1, -0.05) is 13.0 Å². The van der Waals surface area contributed by atoms with Gasteiger partial charge < -0.3 is 14.6 Å². The number of fused-ring (bicyclic) bond motifs is 1. The fourth-order valence-electron chi connectivity index (χ4n) is 3.47. The molecule has 0 spiro atoms. The number of aryl methyl sites for hydroxylation is 1. The standard InChI is InChI=1S/C19H25N3O3/c1-12-6-7-15-16(9-12)21-18(20-15)14-5-4-8-22(11-14)19(24)13(2)10-17(23)25-3/h6-7,9,13-14H,4-5,8,10-11H2,1-3H3,(H,20,21)/t13-,14+/m1/s1. The van der Waals surface area contributed by atoms with Crippen molar-refractivity contribution in [2.24, 2.45) is 5.92 Å². The van der Waals surface area contributed by atoms with E-state index in [2.05, 4.69) is 28.8 Å². The molecule has 1 fully saturated rings. The molecule has 0 bridgehead atoms. The first-order valence-corrected chi connectivity index (χ1v) is 8.79. The smallest absolute Gasteiger partial charge is 0.306 e. The number of hydrogen-bond acceptors (Lipinski definition) is 4. The van der Waals surface area contributed by atoms with Crippen molar-refractivity contribution in [1.82, 2.24) is 14.9 Å². The second kappa shape index (κ2) is 7.25. The summed E-state index contributed by atoms with van der Waals surface area (Å²) in [4.78, 5) is 34.0. The molecule has 1 aromatic heterocycles. The van der Waals surface area contributed by atoms with Crippen LogP contribution in [0, 0.1) is 12.8 Å². The van der Waals surface area contributed by atoms with Crippen molar-refractivity contribution in [3.05, 3.63) is 29.6 Å². The molecule has 1 aliphatic heterocycles. The number of carbonyl (C=O) groups excluding carboxylic acids is 2. The van der Waals surface area contributed by atoms with E-state index in [1.54, 1.807) is 6.92 Å². The van der Waals surface area contributed by atoms with Crippen LogP contribution in [0.15, 0.2) is 18.2 Å². The third-order valence-corrected chi connectivity index (χ3v) is 4.90. The normalized spacial score (nSPS) is 19.0. The van der Waals surface area contributed by atoms with Gasteiger partial charge in [0.15, 0.2) is 0 Å². The van der Waals surface area contributed by atoms with Crippen molar-refractivity contribution in [2.45, 2.75) is 39.0 Å². The Morgan fingerprint density at radius 3 is 3.00 bits per heavy atom. The van der Waals surface area contributed by atoms with Crippen molar-refractivity contribution in [3.8, 4) is 0 Å². The van der Waals surface area contributed by atoms with Gasteiger partial charge in [0.05, 0.1) is 24.6 Å². The molecule has 1 aliphatic rings. The second-order valence-electron chi connectivity index (χ2n) is 6.95. The first kappa shape index (κ1) is 17.5. The van der Waals surface area contributed by atoms with E-state index in [4.69, 9.17) is 4.98 Å². The number of amides is 1. The van der Waals surface area contributed by atoms with Crippen LogP contribution in [0.3, 0.4) is 0 Å². The Hall–Kier alpha value is -2.37. The Morgan fingerprint density at radius 2 is 2.24 bits per heavy atom. The summed E-state index contributed by atoms with van der Waals surface area (Å²) in [5.41, 5.74) is 3.19. The number of ether oxygens (including phenoxy) is 1. The maximum Gasteiger partial charge on any atom is 0.306 e. The average Bonchev–Trinajstić information content (AvgIpc) is 3.04. The van der Waals surface area contributed by atoms with Crippen LogP contribution in [0.4, 0.5) is 0 Å². The van der Waals surface area contributed by atoms with Crippen molar-refractivity contribution < 1.29 is 14.3 Å². The van der Waals surface area contributed by atoms with Crippen molar-refractivity contribution in [3.63, 3.8) is 0 Å². The van der Waals surface area contributed by atoms with E-state index < -0.39 is 0 Å². The Morgan fingerprint density at radius 1 is 1.44 bits per heavy atom. The Labute approximate surface area is 147 Å². The molecular formula is C19H25N3O3. The maximum atomic E-state index is 12.6. The van der Waals surface area contributed by atoms with Crippen LogP contribution in [0.1, 0.15) is 43.5 Å². The molecule has 6 heteroatoms. The number of piperidine rings is 1. The largest absolute Gasteiger partial charge is 0.469 e. The van der Waals surface area contributed by atoms with E-state index in [-0.39, 0.29) is 30.1 Å². The van der Waals surface area contributed by atoms with E-state index in [0.717, 1.165) is 36.2 Å². The summed E-state index contributed by atoms with van der Waals surface area (Å²) in [6.07, 6.45) is 2.08. The maximum absolute atomic E-state index is 12.6. The number of methoxy groups -OCH3 is 1. The highest BCUT2D eigenvalue weighted by Crippen LogP contribution is 2.28. The van der Waals surface area contributed by atoms with Gasteiger partial charge in [0.25, 0.3) is 0 Å². The number of benzene rings is 1. The third-order valence-electron chi connectivity index (χ3n) is 4.90. The van der Waals surface area contributed by atoms with Gasteiger partial charge in [-0.3, -0.25) is 9.59 Å². The molecule has 0 aliphatic carbocycles. The lowest BCUT2D eigenvalue weighted by Gasteiger charge is -2.33. The lowest BCUT2D eigenvalue weighted by atomic mass is 9.95. The Kier molecular flexibility index (Phi) is 5.06. The molecule has 2 atom stereocenters. The third kappa shape index (κ3) is 3.83. The summed E-state index contributed by atoms with van der Waals surface area (Å²) < 4.78 is 4.67. The number of hydrogen-bond donors (Lipinski definition) is 1. The van der Waals surface area contributed by atoms with Crippen LogP contribution in [-0.4, -0.2) is 46.9 Å². The van der Waals surface area contributed by atoms with Gasteiger partial charge in [0.1, 0.15) is 5.82 Å². The van der Waals surface area contributed by atoms with Crippen LogP contribution >= 0.6 is 0 Å². The molecule has 3 rings (SSSR count). The molecule has 1 aromatic carbocycles. The number of nitrogens with one attached hydrogen (secondary N) is 1. The molecule has 0 unspecified atom stereocenters. The summed E-state index contributed by atoms with van der Waals surface area (Å²) in [7, 11) is 1.35. The van der Waals surface area contributed by atoms with Crippen LogP contribution in [-0.2, 0) is 14.3 Å². The van der Waals surface area contributed by atoms with Gasteiger partial charge in [0, 0.05) is 24.9 Å². The number of rotatable bonds is 4. The molecule has 6 nitrogen and oxygen atoms in total. The fraction of sp³-hybridized carbons (Fsp3) is 0.526. The molecule has 2 aromatic rings. The minimum absolute atomic E-state index is 0.0158. The topological polar surface area (TPSA) is 75.3 Å². The van der Waals surface area contributed by atoms with E-state index in [1.165, 1.54) is 12.7 Å². The predicted molar refractivity (Wildman–Crippen MR) is 95.2 cm³/mol. The van der Waals surface area contributed by atoms with Crippen LogP contribution in [0.25, 0.3) is 11.0 Å². The SMILES string of the molecule is COC(=O)C[C@@H](C)C(=O)N1CCC[C@H](c2nc3ccc(C)cc3[nH]2)C1. The molecule has 0 saturated carbocycles. The summed E-state index contributed by atoms with van der Waals surface area (Å²) >= 11 is 0. The lowest BCUT2D eigenvalue weighted by Crippen LogP contribution is -2.42. The Balaban J connectivity index is 1.71. The van der Waals surface area contributed by atoms with Crippen molar-refractivity contribution in [1.29, 1.82) is 0 Å².